The summed E-state index contributed by atoms with van der Waals surface area (Å²) in [5.41, 5.74) is 2.08. The van der Waals surface area contributed by atoms with Gasteiger partial charge >= 0.3 is 0 Å². The Balaban J connectivity index is 1.30. The fraction of sp³-hybridized carbons (Fsp3) is 0.636. The number of rotatable bonds is 6. The van der Waals surface area contributed by atoms with Crippen LogP contribution < -0.4 is 10.6 Å². The van der Waals surface area contributed by atoms with Crippen molar-refractivity contribution in [1.82, 2.24) is 5.32 Å². The molecule has 4 aliphatic rings. The molecule has 2 amide bonds. The minimum absolute atomic E-state index is 0.0203. The SMILES string of the molecule is CCc1ccccc1NC(=O)CNC(=O)CC12CC3CC(CC(Br)(C3)C1)C2. The number of nitrogens with one attached hydrogen (secondary N) is 2. The van der Waals surface area contributed by atoms with Crippen LogP contribution >= 0.6 is 15.9 Å². The maximum absolute atomic E-state index is 12.6. The molecular weight excluding hydrogens is 404 g/mol. The topological polar surface area (TPSA) is 58.2 Å². The van der Waals surface area contributed by atoms with Crippen molar-refractivity contribution >= 4 is 33.4 Å². The molecule has 2 N–H and O–H groups in total. The number of halogens is 1. The Labute approximate surface area is 170 Å². The Bertz CT molecular complexity index is 734. The lowest BCUT2D eigenvalue weighted by molar-refractivity contribution is -0.130. The normalized spacial score (nSPS) is 33.7. The first kappa shape index (κ1) is 19.0. The standard InChI is InChI=1S/C22H29BrN2O2/c1-2-17-5-3-4-6-18(17)25-20(27)13-24-19(26)12-21-8-15-7-16(9-21)11-22(23,10-15)14-21/h3-6,15-16H,2,7-14H2,1H3,(H,24,26)(H,25,27). The molecule has 2 atom stereocenters. The van der Waals surface area contributed by atoms with Gasteiger partial charge in [0.1, 0.15) is 0 Å². The molecule has 0 radical (unpaired) electrons. The highest BCUT2D eigenvalue weighted by Crippen LogP contribution is 2.65. The molecule has 1 aromatic carbocycles. The highest BCUT2D eigenvalue weighted by atomic mass is 79.9. The van der Waals surface area contributed by atoms with Crippen molar-refractivity contribution in [2.45, 2.75) is 62.6 Å². The van der Waals surface area contributed by atoms with E-state index >= 15 is 0 Å². The number of carbonyl (C=O) groups is 2. The molecule has 146 valence electrons. The number of anilines is 1. The van der Waals surface area contributed by atoms with Crippen molar-refractivity contribution in [1.29, 1.82) is 0 Å². The summed E-state index contributed by atoms with van der Waals surface area (Å²) in [6, 6.07) is 7.80. The second kappa shape index (κ2) is 7.23. The van der Waals surface area contributed by atoms with Crippen molar-refractivity contribution in [3.05, 3.63) is 29.8 Å². The number of alkyl halides is 1. The number of para-hydroxylation sites is 1. The lowest BCUT2D eigenvalue weighted by Crippen LogP contribution is -2.54. The lowest BCUT2D eigenvalue weighted by Gasteiger charge is -2.60. The molecule has 4 aliphatic carbocycles. The summed E-state index contributed by atoms with van der Waals surface area (Å²) in [5.74, 6) is 1.40. The molecule has 27 heavy (non-hydrogen) atoms. The van der Waals surface area contributed by atoms with Crippen LogP contribution in [0.3, 0.4) is 0 Å². The Hall–Kier alpha value is -1.36. The molecule has 5 heteroatoms. The van der Waals surface area contributed by atoms with E-state index in [-0.39, 0.29) is 28.1 Å². The number of carbonyl (C=O) groups excluding carboxylic acids is 2. The predicted octanol–water partition coefficient (Wildman–Crippen LogP) is 4.43. The van der Waals surface area contributed by atoms with Crippen LogP contribution in [0.5, 0.6) is 0 Å². The number of hydrogen-bond acceptors (Lipinski definition) is 2. The monoisotopic (exact) mass is 432 g/mol. The number of aryl methyl sites for hydroxylation is 1. The third-order valence-corrected chi connectivity index (χ3v) is 7.69. The molecule has 0 aromatic heterocycles. The van der Waals surface area contributed by atoms with E-state index in [1.54, 1.807) is 0 Å². The van der Waals surface area contributed by atoms with Crippen LogP contribution in [0.15, 0.2) is 24.3 Å². The van der Waals surface area contributed by atoms with Gasteiger partial charge in [0.05, 0.1) is 6.54 Å². The third-order valence-electron chi connectivity index (χ3n) is 6.76. The Morgan fingerprint density at radius 1 is 1.11 bits per heavy atom. The lowest BCUT2D eigenvalue weighted by atomic mass is 9.48. The van der Waals surface area contributed by atoms with E-state index in [9.17, 15) is 9.59 Å². The number of benzene rings is 1. The zero-order chi connectivity index (χ0) is 19.1. The van der Waals surface area contributed by atoms with E-state index in [1.807, 2.05) is 24.3 Å². The van der Waals surface area contributed by atoms with E-state index in [0.29, 0.717) is 6.42 Å². The van der Waals surface area contributed by atoms with E-state index in [1.165, 1.54) is 32.1 Å². The van der Waals surface area contributed by atoms with Crippen LogP contribution in [0.1, 0.15) is 57.4 Å². The van der Waals surface area contributed by atoms with Crippen LogP contribution in [0.4, 0.5) is 5.69 Å². The molecule has 1 aromatic rings. The van der Waals surface area contributed by atoms with Crippen LogP contribution in [0.25, 0.3) is 0 Å². The molecule has 0 spiro atoms. The van der Waals surface area contributed by atoms with Crippen LogP contribution in [0.2, 0.25) is 0 Å². The van der Waals surface area contributed by atoms with Crippen molar-refractivity contribution in [2.75, 3.05) is 11.9 Å². The predicted molar refractivity (Wildman–Crippen MR) is 111 cm³/mol. The first-order valence-electron chi connectivity index (χ1n) is 10.2. The molecule has 4 nitrogen and oxygen atoms in total. The van der Waals surface area contributed by atoms with Gasteiger partial charge in [0.15, 0.2) is 0 Å². The molecule has 4 fully saturated rings. The van der Waals surface area contributed by atoms with Crippen molar-refractivity contribution < 1.29 is 9.59 Å². The average molecular weight is 433 g/mol. The molecule has 2 unspecified atom stereocenters. The molecule has 0 aliphatic heterocycles. The van der Waals surface area contributed by atoms with Gasteiger partial charge < -0.3 is 10.6 Å². The molecule has 0 saturated heterocycles. The van der Waals surface area contributed by atoms with Gasteiger partial charge in [-0.2, -0.15) is 0 Å². The van der Waals surface area contributed by atoms with Gasteiger partial charge in [-0.05, 0) is 73.8 Å². The van der Waals surface area contributed by atoms with Crippen molar-refractivity contribution in [3.63, 3.8) is 0 Å². The highest BCUT2D eigenvalue weighted by Gasteiger charge is 2.57. The number of hydrogen-bond donors (Lipinski definition) is 2. The van der Waals surface area contributed by atoms with E-state index in [0.717, 1.165) is 35.9 Å². The van der Waals surface area contributed by atoms with Gasteiger partial charge in [-0.15, -0.1) is 0 Å². The summed E-state index contributed by atoms with van der Waals surface area (Å²) in [7, 11) is 0. The first-order chi connectivity index (χ1) is 12.9. The fourth-order valence-corrected chi connectivity index (χ4v) is 7.78. The smallest absolute Gasteiger partial charge is 0.243 e. The summed E-state index contributed by atoms with van der Waals surface area (Å²) in [4.78, 5) is 24.9. The van der Waals surface area contributed by atoms with Crippen LogP contribution in [0, 0.1) is 17.3 Å². The highest BCUT2D eigenvalue weighted by molar-refractivity contribution is 9.10. The van der Waals surface area contributed by atoms with Crippen LogP contribution in [-0.4, -0.2) is 22.7 Å². The third kappa shape index (κ3) is 4.08. The molecule has 4 saturated carbocycles. The molecule has 4 bridgehead atoms. The van der Waals surface area contributed by atoms with E-state index in [4.69, 9.17) is 0 Å². The Morgan fingerprint density at radius 2 is 1.81 bits per heavy atom. The summed E-state index contributed by atoms with van der Waals surface area (Å²) < 4.78 is 0.263. The number of amides is 2. The molecular formula is C22H29BrN2O2. The largest absolute Gasteiger partial charge is 0.347 e. The Kier molecular flexibility index (Phi) is 5.08. The minimum Gasteiger partial charge on any atom is -0.347 e. The quantitative estimate of drug-likeness (QED) is 0.653. The Morgan fingerprint density at radius 3 is 2.48 bits per heavy atom. The van der Waals surface area contributed by atoms with Gasteiger partial charge in [-0.3, -0.25) is 9.59 Å². The van der Waals surface area contributed by atoms with Gasteiger partial charge in [0.25, 0.3) is 0 Å². The zero-order valence-electron chi connectivity index (χ0n) is 16.0. The van der Waals surface area contributed by atoms with Crippen LogP contribution in [-0.2, 0) is 16.0 Å². The van der Waals surface area contributed by atoms with Gasteiger partial charge in [-0.25, -0.2) is 0 Å². The summed E-state index contributed by atoms with van der Waals surface area (Å²) in [6.07, 6.45) is 8.78. The molecule has 5 rings (SSSR count). The molecule has 0 heterocycles. The summed E-state index contributed by atoms with van der Waals surface area (Å²) >= 11 is 4.00. The second-order valence-corrected chi connectivity index (χ2v) is 10.8. The summed E-state index contributed by atoms with van der Waals surface area (Å²) in [5, 5.41) is 5.78. The fourth-order valence-electron chi connectivity index (χ4n) is 6.27. The maximum atomic E-state index is 12.6. The van der Waals surface area contributed by atoms with Gasteiger partial charge in [-0.1, -0.05) is 41.1 Å². The maximum Gasteiger partial charge on any atom is 0.243 e. The van der Waals surface area contributed by atoms with Crippen molar-refractivity contribution in [2.24, 2.45) is 17.3 Å². The second-order valence-electron chi connectivity index (χ2n) is 9.12. The first-order valence-corrected chi connectivity index (χ1v) is 11.0. The summed E-state index contributed by atoms with van der Waals surface area (Å²) in [6.45, 7) is 2.11. The van der Waals surface area contributed by atoms with Gasteiger partial charge in [0, 0.05) is 16.4 Å². The van der Waals surface area contributed by atoms with Crippen molar-refractivity contribution in [3.8, 4) is 0 Å². The van der Waals surface area contributed by atoms with E-state index < -0.39 is 0 Å². The van der Waals surface area contributed by atoms with E-state index in [2.05, 4.69) is 33.5 Å². The average Bonchev–Trinajstić information content (AvgIpc) is 2.58. The zero-order valence-corrected chi connectivity index (χ0v) is 17.6. The van der Waals surface area contributed by atoms with Gasteiger partial charge in [0.2, 0.25) is 11.8 Å². The minimum atomic E-state index is -0.160.